The van der Waals surface area contributed by atoms with Crippen LogP contribution in [0.25, 0.3) is 0 Å². The summed E-state index contributed by atoms with van der Waals surface area (Å²) >= 11 is 0. The van der Waals surface area contributed by atoms with Gasteiger partial charge >= 0.3 is 5.97 Å². The van der Waals surface area contributed by atoms with Crippen molar-refractivity contribution in [1.29, 1.82) is 0 Å². The summed E-state index contributed by atoms with van der Waals surface area (Å²) in [6.45, 7) is 4.04. The lowest BCUT2D eigenvalue weighted by Crippen LogP contribution is -2.43. The molecule has 1 spiro atoms. The van der Waals surface area contributed by atoms with Crippen LogP contribution < -0.4 is 4.74 Å². The van der Waals surface area contributed by atoms with Crippen molar-refractivity contribution in [3.63, 3.8) is 0 Å². The molecule has 0 N–H and O–H groups in total. The largest absolute Gasteiger partial charge is 0.481 e. The average Bonchev–Trinajstić information content (AvgIpc) is 3.03. The summed E-state index contributed by atoms with van der Waals surface area (Å²) in [5.41, 5.74) is 0.565. The number of nitrogens with zero attached hydrogens (tertiary/aromatic N) is 3. The normalized spacial score (nSPS) is 26.8. The summed E-state index contributed by atoms with van der Waals surface area (Å²) in [7, 11) is 3.45. The van der Waals surface area contributed by atoms with Crippen LogP contribution in [0.5, 0.6) is 5.88 Å². The van der Waals surface area contributed by atoms with Gasteiger partial charge in [-0.1, -0.05) is 6.42 Å². The molecule has 2 fully saturated rings. The molecule has 3 heterocycles. The summed E-state index contributed by atoms with van der Waals surface area (Å²) in [6, 6.07) is 3.66. The Morgan fingerprint density at radius 3 is 2.69 bits per heavy atom. The minimum absolute atomic E-state index is 0.000871. The van der Waals surface area contributed by atoms with Crippen LogP contribution in [0.2, 0.25) is 0 Å². The molecule has 0 unspecified atom stereocenters. The van der Waals surface area contributed by atoms with Crippen molar-refractivity contribution in [2.45, 2.75) is 50.5 Å². The highest BCUT2D eigenvalue weighted by Crippen LogP contribution is 2.48. The van der Waals surface area contributed by atoms with Gasteiger partial charge in [-0.05, 0) is 57.7 Å². The Balaban J connectivity index is 1.35. The molecule has 1 aromatic rings. The van der Waals surface area contributed by atoms with E-state index in [4.69, 9.17) is 9.47 Å². The second-order valence-electron chi connectivity index (χ2n) is 8.57. The average molecular weight is 402 g/mol. The van der Waals surface area contributed by atoms with Gasteiger partial charge in [-0.25, -0.2) is 9.78 Å². The first-order valence-corrected chi connectivity index (χ1v) is 10.8. The zero-order valence-corrected chi connectivity index (χ0v) is 17.5. The Kier molecular flexibility index (Phi) is 5.76. The number of pyridine rings is 1. The van der Waals surface area contributed by atoms with E-state index in [1.807, 2.05) is 18.0 Å². The maximum atomic E-state index is 12.9. The molecule has 1 saturated carbocycles. The maximum absolute atomic E-state index is 12.9. The molecule has 1 amide bonds. The Labute approximate surface area is 172 Å². The van der Waals surface area contributed by atoms with Gasteiger partial charge in [-0.15, -0.1) is 0 Å². The number of esters is 1. The van der Waals surface area contributed by atoms with Crippen LogP contribution in [0.3, 0.4) is 0 Å². The third-order valence-electron chi connectivity index (χ3n) is 6.77. The van der Waals surface area contributed by atoms with Gasteiger partial charge in [0.15, 0.2) is 5.69 Å². The molecule has 1 aromatic heterocycles. The predicted molar refractivity (Wildman–Crippen MR) is 108 cm³/mol. The Morgan fingerprint density at radius 1 is 1.28 bits per heavy atom. The maximum Gasteiger partial charge on any atom is 0.358 e. The summed E-state index contributed by atoms with van der Waals surface area (Å²) in [5, 5.41) is 0. The molecule has 0 atom stereocenters. The van der Waals surface area contributed by atoms with Gasteiger partial charge in [0.25, 0.3) is 0 Å². The monoisotopic (exact) mass is 401 g/mol. The fourth-order valence-corrected chi connectivity index (χ4v) is 4.96. The molecular formula is C22H31N3O4. The van der Waals surface area contributed by atoms with Gasteiger partial charge < -0.3 is 19.3 Å². The number of methoxy groups -OCH3 is 1. The van der Waals surface area contributed by atoms with Crippen LogP contribution in [0.1, 0.15) is 61.0 Å². The van der Waals surface area contributed by atoms with Crippen molar-refractivity contribution >= 4 is 11.9 Å². The fourth-order valence-electron chi connectivity index (χ4n) is 4.96. The molecule has 4 rings (SSSR count). The third kappa shape index (κ3) is 3.97. The minimum Gasteiger partial charge on any atom is -0.481 e. The van der Waals surface area contributed by atoms with Crippen molar-refractivity contribution in [3.8, 4) is 5.88 Å². The number of ether oxygens (including phenoxy) is 2. The van der Waals surface area contributed by atoms with Crippen LogP contribution in [0.15, 0.2) is 12.1 Å². The SMILES string of the molecule is COc1ccc2c(n1)C(=O)OC21CCC(C(=O)N(C)CCN2CCCCC2)CC1. The van der Waals surface area contributed by atoms with Crippen LogP contribution in [-0.4, -0.2) is 67.0 Å². The molecule has 1 aliphatic carbocycles. The molecule has 158 valence electrons. The molecule has 0 radical (unpaired) electrons. The number of rotatable bonds is 5. The minimum atomic E-state index is -0.630. The Hall–Kier alpha value is -2.15. The van der Waals surface area contributed by atoms with Crippen molar-refractivity contribution in [1.82, 2.24) is 14.8 Å². The number of carbonyl (C=O) groups excluding carboxylic acids is 2. The number of hydrogen-bond acceptors (Lipinski definition) is 6. The Bertz CT molecular complexity index is 767. The number of fused-ring (bicyclic) bond motifs is 2. The third-order valence-corrected chi connectivity index (χ3v) is 6.77. The summed E-state index contributed by atoms with van der Waals surface area (Å²) in [5.74, 6) is 0.245. The summed E-state index contributed by atoms with van der Waals surface area (Å²) in [4.78, 5) is 33.9. The number of hydrogen-bond donors (Lipinski definition) is 0. The molecular weight excluding hydrogens is 370 g/mol. The fraction of sp³-hybridized carbons (Fsp3) is 0.682. The van der Waals surface area contributed by atoms with E-state index in [0.717, 1.165) is 44.6 Å². The quantitative estimate of drug-likeness (QED) is 0.706. The second kappa shape index (κ2) is 8.30. The lowest BCUT2D eigenvalue weighted by atomic mass is 9.75. The number of likely N-dealkylation sites (N-methyl/N-ethyl adjacent to an activating group) is 1. The highest BCUT2D eigenvalue weighted by atomic mass is 16.6. The van der Waals surface area contributed by atoms with Gasteiger partial charge in [-0.2, -0.15) is 0 Å². The molecule has 2 aliphatic heterocycles. The van der Waals surface area contributed by atoms with E-state index in [0.29, 0.717) is 24.4 Å². The zero-order chi connectivity index (χ0) is 20.4. The van der Waals surface area contributed by atoms with Crippen LogP contribution in [-0.2, 0) is 15.1 Å². The molecule has 7 nitrogen and oxygen atoms in total. The van der Waals surface area contributed by atoms with E-state index in [-0.39, 0.29) is 17.8 Å². The number of aromatic nitrogens is 1. The van der Waals surface area contributed by atoms with Crippen LogP contribution in [0, 0.1) is 5.92 Å². The Morgan fingerprint density at radius 2 is 2.00 bits per heavy atom. The van der Waals surface area contributed by atoms with E-state index in [9.17, 15) is 9.59 Å². The number of carbonyl (C=O) groups is 2. The lowest BCUT2D eigenvalue weighted by molar-refractivity contribution is -0.137. The first-order valence-electron chi connectivity index (χ1n) is 10.8. The van der Waals surface area contributed by atoms with E-state index in [1.54, 1.807) is 6.07 Å². The molecule has 7 heteroatoms. The van der Waals surface area contributed by atoms with Crippen LogP contribution >= 0.6 is 0 Å². The van der Waals surface area contributed by atoms with E-state index >= 15 is 0 Å². The zero-order valence-electron chi connectivity index (χ0n) is 17.5. The summed E-state index contributed by atoms with van der Waals surface area (Å²) < 4.78 is 10.9. The highest BCUT2D eigenvalue weighted by Gasteiger charge is 2.49. The van der Waals surface area contributed by atoms with E-state index in [1.165, 1.54) is 26.4 Å². The van der Waals surface area contributed by atoms with Crippen molar-refractivity contribution in [2.24, 2.45) is 5.92 Å². The van der Waals surface area contributed by atoms with Gasteiger partial charge in [0.1, 0.15) is 5.60 Å². The molecule has 0 bridgehead atoms. The van der Waals surface area contributed by atoms with Gasteiger partial charge in [0, 0.05) is 37.7 Å². The first kappa shape index (κ1) is 20.1. The molecule has 1 saturated heterocycles. The van der Waals surface area contributed by atoms with Gasteiger partial charge in [0.05, 0.1) is 7.11 Å². The molecule has 29 heavy (non-hydrogen) atoms. The second-order valence-corrected chi connectivity index (χ2v) is 8.57. The number of piperidine rings is 1. The summed E-state index contributed by atoms with van der Waals surface area (Å²) in [6.07, 6.45) is 6.64. The number of amides is 1. The first-order chi connectivity index (χ1) is 14.0. The standard InChI is InChI=1S/C22H31N3O4/c1-24(14-15-25-12-4-3-5-13-25)20(26)16-8-10-22(11-9-16)17-6-7-18(28-2)23-19(17)21(27)29-22/h6-7,16H,3-5,8-15H2,1-2H3. The number of likely N-dealkylation sites (tertiary alicyclic amines) is 1. The molecule has 0 aromatic carbocycles. The van der Waals surface area contributed by atoms with E-state index in [2.05, 4.69) is 9.88 Å². The highest BCUT2D eigenvalue weighted by molar-refractivity contribution is 5.93. The van der Waals surface area contributed by atoms with Crippen molar-refractivity contribution in [2.75, 3.05) is 40.3 Å². The smallest absolute Gasteiger partial charge is 0.358 e. The molecule has 3 aliphatic rings. The van der Waals surface area contributed by atoms with Crippen molar-refractivity contribution in [3.05, 3.63) is 23.4 Å². The van der Waals surface area contributed by atoms with Crippen LogP contribution in [0.4, 0.5) is 0 Å². The van der Waals surface area contributed by atoms with E-state index < -0.39 is 5.60 Å². The predicted octanol–water partition coefficient (Wildman–Crippen LogP) is 2.59. The topological polar surface area (TPSA) is 72.0 Å². The van der Waals surface area contributed by atoms with Crippen molar-refractivity contribution < 1.29 is 19.1 Å². The van der Waals surface area contributed by atoms with Gasteiger partial charge in [-0.3, -0.25) is 4.79 Å². The van der Waals surface area contributed by atoms with Gasteiger partial charge in [0.2, 0.25) is 11.8 Å². The lowest BCUT2D eigenvalue weighted by Gasteiger charge is -2.37.